The third-order valence-corrected chi connectivity index (χ3v) is 2.63. The Bertz CT molecular complexity index is 628. The predicted molar refractivity (Wildman–Crippen MR) is 64.0 cm³/mol. The highest BCUT2D eigenvalue weighted by molar-refractivity contribution is 5.25. The van der Waals surface area contributed by atoms with Gasteiger partial charge in [0.25, 0.3) is 5.56 Å². The number of H-pyrrole nitrogens is 1. The maximum Gasteiger partial charge on any atom is 0.344 e. The Balaban J connectivity index is 2.16. The van der Waals surface area contributed by atoms with E-state index in [9.17, 15) is 9.59 Å². The van der Waals surface area contributed by atoms with Gasteiger partial charge in [0.1, 0.15) is 6.20 Å². The highest BCUT2D eigenvalue weighted by Crippen LogP contribution is 2.07. The number of hydrogen-bond acceptors (Lipinski definition) is 3. The summed E-state index contributed by atoms with van der Waals surface area (Å²) >= 11 is 0. The lowest BCUT2D eigenvalue weighted by Gasteiger charge is -2.05. The van der Waals surface area contributed by atoms with Gasteiger partial charge in [-0.3, -0.25) is 9.78 Å². The minimum atomic E-state index is -0.470. The van der Waals surface area contributed by atoms with Crippen molar-refractivity contribution < 1.29 is 0 Å². The molecule has 1 N–H and O–H groups in total. The Kier molecular flexibility index (Phi) is 3.18. The van der Waals surface area contributed by atoms with Gasteiger partial charge >= 0.3 is 5.69 Å². The SMILES string of the molecule is Cc1ccccc1CCn1ncc(=O)[nH]c1=O. The minimum Gasteiger partial charge on any atom is -0.271 e. The largest absolute Gasteiger partial charge is 0.344 e. The molecular formula is C12H13N3O2. The molecule has 0 bridgehead atoms. The number of benzene rings is 1. The molecule has 0 radical (unpaired) electrons. The molecule has 88 valence electrons. The third-order valence-electron chi connectivity index (χ3n) is 2.63. The molecule has 0 spiro atoms. The first-order valence-corrected chi connectivity index (χ1v) is 5.38. The first kappa shape index (κ1) is 11.3. The van der Waals surface area contributed by atoms with Crippen molar-refractivity contribution in [2.75, 3.05) is 0 Å². The average Bonchev–Trinajstić information content (AvgIpc) is 2.30. The summed E-state index contributed by atoms with van der Waals surface area (Å²) in [6, 6.07) is 7.99. The Morgan fingerprint density at radius 2 is 2.06 bits per heavy atom. The topological polar surface area (TPSA) is 67.8 Å². The van der Waals surface area contributed by atoms with Crippen LogP contribution in [0.25, 0.3) is 0 Å². The van der Waals surface area contributed by atoms with Crippen molar-refractivity contribution in [2.24, 2.45) is 0 Å². The Morgan fingerprint density at radius 3 is 2.76 bits per heavy atom. The van der Waals surface area contributed by atoms with Crippen molar-refractivity contribution in [3.05, 3.63) is 62.4 Å². The van der Waals surface area contributed by atoms with E-state index in [2.05, 4.69) is 10.1 Å². The molecule has 2 aromatic rings. The van der Waals surface area contributed by atoms with Crippen LogP contribution in [0.2, 0.25) is 0 Å². The molecule has 0 aliphatic heterocycles. The molecule has 0 amide bonds. The zero-order valence-electron chi connectivity index (χ0n) is 9.51. The lowest BCUT2D eigenvalue weighted by atomic mass is 10.1. The van der Waals surface area contributed by atoms with Crippen molar-refractivity contribution in [2.45, 2.75) is 19.9 Å². The van der Waals surface area contributed by atoms with E-state index in [1.165, 1.54) is 15.8 Å². The van der Waals surface area contributed by atoms with Gasteiger partial charge in [0, 0.05) is 0 Å². The van der Waals surface area contributed by atoms with E-state index in [0.717, 1.165) is 6.20 Å². The van der Waals surface area contributed by atoms with E-state index in [1.54, 1.807) is 0 Å². The van der Waals surface area contributed by atoms with Gasteiger partial charge in [-0.1, -0.05) is 24.3 Å². The van der Waals surface area contributed by atoms with Crippen molar-refractivity contribution in [1.82, 2.24) is 14.8 Å². The van der Waals surface area contributed by atoms with Crippen molar-refractivity contribution in [3.63, 3.8) is 0 Å². The number of aryl methyl sites for hydroxylation is 3. The number of nitrogens with zero attached hydrogens (tertiary/aromatic N) is 2. The lowest BCUT2D eigenvalue weighted by molar-refractivity contribution is 0.554. The second-order valence-corrected chi connectivity index (χ2v) is 3.84. The molecule has 0 unspecified atom stereocenters. The fourth-order valence-corrected chi connectivity index (χ4v) is 1.65. The molecule has 17 heavy (non-hydrogen) atoms. The Hall–Kier alpha value is -2.17. The molecule has 0 atom stereocenters. The van der Waals surface area contributed by atoms with Crippen LogP contribution in [0, 0.1) is 6.92 Å². The van der Waals surface area contributed by atoms with Gasteiger partial charge < -0.3 is 0 Å². The van der Waals surface area contributed by atoms with Gasteiger partial charge in [0.05, 0.1) is 6.54 Å². The van der Waals surface area contributed by atoms with Gasteiger partial charge in [-0.15, -0.1) is 0 Å². The minimum absolute atomic E-state index is 0.459. The van der Waals surface area contributed by atoms with Gasteiger partial charge in [-0.2, -0.15) is 5.10 Å². The highest BCUT2D eigenvalue weighted by Gasteiger charge is 2.01. The summed E-state index contributed by atoms with van der Waals surface area (Å²) in [6.07, 6.45) is 1.82. The van der Waals surface area contributed by atoms with Crippen LogP contribution in [0.4, 0.5) is 0 Å². The Labute approximate surface area is 97.7 Å². The van der Waals surface area contributed by atoms with Gasteiger partial charge in [-0.25, -0.2) is 9.48 Å². The molecular weight excluding hydrogens is 218 g/mol. The summed E-state index contributed by atoms with van der Waals surface area (Å²) in [4.78, 5) is 24.4. The molecule has 0 saturated heterocycles. The number of hydrogen-bond donors (Lipinski definition) is 1. The van der Waals surface area contributed by atoms with E-state index >= 15 is 0 Å². The molecule has 1 heterocycles. The van der Waals surface area contributed by atoms with E-state index in [0.29, 0.717) is 13.0 Å². The predicted octanol–water partition coefficient (Wildman–Crippen LogP) is 0.483. The summed E-state index contributed by atoms with van der Waals surface area (Å²) in [5.74, 6) is 0. The second-order valence-electron chi connectivity index (χ2n) is 3.84. The average molecular weight is 231 g/mol. The van der Waals surface area contributed by atoms with Crippen LogP contribution in [0.15, 0.2) is 40.1 Å². The summed E-state index contributed by atoms with van der Waals surface area (Å²) in [7, 11) is 0. The number of aromatic nitrogens is 3. The maximum absolute atomic E-state index is 11.4. The number of aromatic amines is 1. The molecule has 2 rings (SSSR count). The van der Waals surface area contributed by atoms with Crippen molar-refractivity contribution in [3.8, 4) is 0 Å². The van der Waals surface area contributed by atoms with Crippen LogP contribution in [0.5, 0.6) is 0 Å². The first-order valence-electron chi connectivity index (χ1n) is 5.38. The standard InChI is InChI=1S/C12H13N3O2/c1-9-4-2-3-5-10(9)6-7-15-12(17)14-11(16)8-13-15/h2-5,8H,6-7H2,1H3,(H,14,16,17). The van der Waals surface area contributed by atoms with Crippen molar-refractivity contribution in [1.29, 1.82) is 0 Å². The first-order chi connectivity index (χ1) is 8.16. The van der Waals surface area contributed by atoms with E-state index in [1.807, 2.05) is 31.2 Å². The molecule has 0 aliphatic rings. The molecule has 0 aliphatic carbocycles. The normalized spacial score (nSPS) is 10.4. The van der Waals surface area contributed by atoms with Gasteiger partial charge in [0.15, 0.2) is 0 Å². The van der Waals surface area contributed by atoms with Crippen LogP contribution >= 0.6 is 0 Å². The summed E-state index contributed by atoms with van der Waals surface area (Å²) in [5.41, 5.74) is 1.42. The van der Waals surface area contributed by atoms with Crippen LogP contribution in [-0.2, 0) is 13.0 Å². The maximum atomic E-state index is 11.4. The zero-order valence-corrected chi connectivity index (χ0v) is 9.51. The molecule has 5 nitrogen and oxygen atoms in total. The van der Waals surface area contributed by atoms with Crippen LogP contribution in [-0.4, -0.2) is 14.8 Å². The highest BCUT2D eigenvalue weighted by atomic mass is 16.2. The summed E-state index contributed by atoms with van der Waals surface area (Å²) in [5, 5.41) is 3.78. The Morgan fingerprint density at radius 1 is 1.29 bits per heavy atom. The van der Waals surface area contributed by atoms with Crippen LogP contribution in [0.1, 0.15) is 11.1 Å². The quantitative estimate of drug-likeness (QED) is 0.835. The smallest absolute Gasteiger partial charge is 0.271 e. The monoisotopic (exact) mass is 231 g/mol. The summed E-state index contributed by atoms with van der Waals surface area (Å²) in [6.45, 7) is 2.48. The number of rotatable bonds is 3. The molecule has 1 aromatic carbocycles. The number of nitrogens with one attached hydrogen (secondary N) is 1. The van der Waals surface area contributed by atoms with E-state index in [-0.39, 0.29) is 0 Å². The lowest BCUT2D eigenvalue weighted by Crippen LogP contribution is -2.32. The fraction of sp³-hybridized carbons (Fsp3) is 0.250. The van der Waals surface area contributed by atoms with E-state index in [4.69, 9.17) is 0 Å². The van der Waals surface area contributed by atoms with Crippen LogP contribution in [0.3, 0.4) is 0 Å². The summed E-state index contributed by atoms with van der Waals surface area (Å²) < 4.78 is 1.26. The molecule has 1 aromatic heterocycles. The fourth-order valence-electron chi connectivity index (χ4n) is 1.65. The van der Waals surface area contributed by atoms with E-state index < -0.39 is 11.2 Å². The molecule has 0 saturated carbocycles. The van der Waals surface area contributed by atoms with Crippen LogP contribution < -0.4 is 11.2 Å². The van der Waals surface area contributed by atoms with Gasteiger partial charge in [0.2, 0.25) is 0 Å². The third kappa shape index (κ3) is 2.69. The molecule has 5 heteroatoms. The van der Waals surface area contributed by atoms with Gasteiger partial charge in [-0.05, 0) is 24.5 Å². The molecule has 0 fully saturated rings. The van der Waals surface area contributed by atoms with Crippen molar-refractivity contribution >= 4 is 0 Å². The second kappa shape index (κ2) is 4.78. The zero-order chi connectivity index (χ0) is 12.3.